The summed E-state index contributed by atoms with van der Waals surface area (Å²) in [7, 11) is 1.58. The van der Waals surface area contributed by atoms with E-state index in [-0.39, 0.29) is 0 Å². The lowest BCUT2D eigenvalue weighted by Gasteiger charge is -2.38. The molecule has 0 aromatic heterocycles. The summed E-state index contributed by atoms with van der Waals surface area (Å²) in [6, 6.07) is 5.52. The number of hydrogen-bond acceptors (Lipinski definition) is 2. The molecule has 1 aromatic carbocycles. The quantitative estimate of drug-likeness (QED) is 0.928. The van der Waals surface area contributed by atoms with E-state index < -0.39 is 11.4 Å². The molecule has 0 heterocycles. The third-order valence-electron chi connectivity index (χ3n) is 3.32. The molecule has 1 N–H and O–H groups in total. The number of rotatable bonds is 3. The summed E-state index contributed by atoms with van der Waals surface area (Å²) in [6.45, 7) is 0. The van der Waals surface area contributed by atoms with Gasteiger partial charge in [0.2, 0.25) is 0 Å². The van der Waals surface area contributed by atoms with Crippen LogP contribution < -0.4 is 4.74 Å². The Hall–Kier alpha value is -1.03. The Morgan fingerprint density at radius 3 is 2.62 bits per heavy atom. The van der Waals surface area contributed by atoms with E-state index in [1.807, 2.05) is 18.2 Å². The highest BCUT2D eigenvalue weighted by molar-refractivity contribution is 9.10. The largest absolute Gasteiger partial charge is 0.496 e. The van der Waals surface area contributed by atoms with Crippen molar-refractivity contribution in [1.82, 2.24) is 0 Å². The van der Waals surface area contributed by atoms with E-state index >= 15 is 0 Å². The zero-order valence-corrected chi connectivity index (χ0v) is 10.6. The first kappa shape index (κ1) is 11.5. The van der Waals surface area contributed by atoms with Gasteiger partial charge in [0.25, 0.3) is 0 Å². The molecule has 0 bridgehead atoms. The lowest BCUT2D eigenvalue weighted by atomic mass is 9.64. The van der Waals surface area contributed by atoms with Crippen LogP contribution in [0.5, 0.6) is 5.75 Å². The smallest absolute Gasteiger partial charge is 0.314 e. The van der Waals surface area contributed by atoms with Crippen LogP contribution in [0.15, 0.2) is 22.7 Å². The van der Waals surface area contributed by atoms with E-state index in [4.69, 9.17) is 4.74 Å². The predicted molar refractivity (Wildman–Crippen MR) is 63.9 cm³/mol. The minimum absolute atomic E-state index is 0.685. The first-order valence-corrected chi connectivity index (χ1v) is 5.97. The molecule has 0 unspecified atom stereocenters. The van der Waals surface area contributed by atoms with Gasteiger partial charge in [0.05, 0.1) is 17.0 Å². The van der Waals surface area contributed by atoms with Crippen molar-refractivity contribution in [3.8, 4) is 5.75 Å². The average Bonchev–Trinajstić information content (AvgIpc) is 2.18. The van der Waals surface area contributed by atoms with Crippen molar-refractivity contribution in [3.05, 3.63) is 28.2 Å². The molecule has 0 atom stereocenters. The zero-order valence-electron chi connectivity index (χ0n) is 9.00. The van der Waals surface area contributed by atoms with Gasteiger partial charge < -0.3 is 9.84 Å². The highest BCUT2D eigenvalue weighted by Crippen LogP contribution is 2.48. The van der Waals surface area contributed by atoms with Crippen LogP contribution in [0.4, 0.5) is 0 Å². The maximum absolute atomic E-state index is 11.4. The first-order chi connectivity index (χ1) is 7.62. The molecule has 4 heteroatoms. The SMILES string of the molecule is COc1cccc(C2(C(=O)O)CCC2)c1Br. The van der Waals surface area contributed by atoms with E-state index in [1.165, 1.54) is 0 Å². The molecule has 1 aliphatic rings. The number of methoxy groups -OCH3 is 1. The summed E-state index contributed by atoms with van der Waals surface area (Å²) in [5, 5.41) is 9.36. The van der Waals surface area contributed by atoms with Gasteiger partial charge in [-0.05, 0) is 40.4 Å². The molecule has 1 aromatic rings. The number of hydrogen-bond donors (Lipinski definition) is 1. The van der Waals surface area contributed by atoms with E-state index in [2.05, 4.69) is 15.9 Å². The molecular weight excluding hydrogens is 272 g/mol. The lowest BCUT2D eigenvalue weighted by Crippen LogP contribution is -2.42. The number of benzene rings is 1. The zero-order chi connectivity index (χ0) is 11.8. The van der Waals surface area contributed by atoms with Crippen LogP contribution in [0.3, 0.4) is 0 Å². The number of aliphatic carboxylic acids is 1. The van der Waals surface area contributed by atoms with E-state index in [0.29, 0.717) is 18.6 Å². The van der Waals surface area contributed by atoms with Gasteiger partial charge in [0, 0.05) is 0 Å². The van der Waals surface area contributed by atoms with E-state index in [0.717, 1.165) is 16.5 Å². The number of halogens is 1. The van der Waals surface area contributed by atoms with Crippen LogP contribution in [0.1, 0.15) is 24.8 Å². The molecule has 3 nitrogen and oxygen atoms in total. The molecule has 0 saturated heterocycles. The second kappa shape index (κ2) is 4.09. The second-order valence-electron chi connectivity index (χ2n) is 4.06. The molecule has 86 valence electrons. The predicted octanol–water partition coefficient (Wildman–Crippen LogP) is 2.96. The second-order valence-corrected chi connectivity index (χ2v) is 4.86. The molecule has 1 aliphatic carbocycles. The van der Waals surface area contributed by atoms with Crippen LogP contribution in [-0.2, 0) is 10.2 Å². The van der Waals surface area contributed by atoms with Crippen molar-refractivity contribution in [2.45, 2.75) is 24.7 Å². The maximum atomic E-state index is 11.4. The number of carbonyl (C=O) groups is 1. The van der Waals surface area contributed by atoms with E-state index in [9.17, 15) is 9.90 Å². The van der Waals surface area contributed by atoms with Gasteiger partial charge in [-0.2, -0.15) is 0 Å². The van der Waals surface area contributed by atoms with Crippen LogP contribution in [-0.4, -0.2) is 18.2 Å². The summed E-state index contributed by atoms with van der Waals surface area (Å²) in [5.74, 6) is -0.0577. The molecule has 2 rings (SSSR count). The minimum Gasteiger partial charge on any atom is -0.496 e. The monoisotopic (exact) mass is 284 g/mol. The molecule has 1 fully saturated rings. The van der Waals surface area contributed by atoms with Crippen molar-refractivity contribution in [1.29, 1.82) is 0 Å². The van der Waals surface area contributed by atoms with E-state index in [1.54, 1.807) is 7.11 Å². The molecule has 0 amide bonds. The maximum Gasteiger partial charge on any atom is 0.314 e. The number of ether oxygens (including phenoxy) is 1. The third kappa shape index (κ3) is 1.52. The van der Waals surface area contributed by atoms with Gasteiger partial charge in [-0.3, -0.25) is 4.79 Å². The Labute approximate surface area is 103 Å². The Bertz CT molecular complexity index is 424. The Morgan fingerprint density at radius 2 is 2.19 bits per heavy atom. The topological polar surface area (TPSA) is 46.5 Å². The molecular formula is C12H13BrO3. The third-order valence-corrected chi connectivity index (χ3v) is 4.13. The van der Waals surface area contributed by atoms with Crippen LogP contribution in [0.25, 0.3) is 0 Å². The fourth-order valence-corrected chi connectivity index (χ4v) is 2.97. The first-order valence-electron chi connectivity index (χ1n) is 5.18. The average molecular weight is 285 g/mol. The Balaban J connectivity index is 2.51. The fraction of sp³-hybridized carbons (Fsp3) is 0.417. The number of carboxylic acids is 1. The van der Waals surface area contributed by atoms with Gasteiger partial charge >= 0.3 is 5.97 Å². The van der Waals surface area contributed by atoms with Crippen LogP contribution >= 0.6 is 15.9 Å². The summed E-state index contributed by atoms with van der Waals surface area (Å²) < 4.78 is 5.95. The van der Waals surface area contributed by atoms with Crippen molar-refractivity contribution in [2.75, 3.05) is 7.11 Å². The van der Waals surface area contributed by atoms with Crippen molar-refractivity contribution < 1.29 is 14.6 Å². The Morgan fingerprint density at radius 1 is 1.50 bits per heavy atom. The summed E-state index contributed by atoms with van der Waals surface area (Å²) >= 11 is 3.43. The standard InChI is InChI=1S/C12H13BrO3/c1-16-9-5-2-4-8(10(9)13)12(11(14)15)6-3-7-12/h2,4-5H,3,6-7H2,1H3,(H,14,15). The summed E-state index contributed by atoms with van der Waals surface area (Å²) in [4.78, 5) is 11.4. The van der Waals surface area contributed by atoms with Gasteiger partial charge in [-0.15, -0.1) is 0 Å². The van der Waals surface area contributed by atoms with Gasteiger partial charge in [-0.1, -0.05) is 18.6 Å². The molecule has 0 spiro atoms. The van der Waals surface area contributed by atoms with Crippen LogP contribution in [0.2, 0.25) is 0 Å². The molecule has 0 radical (unpaired) electrons. The normalized spacial score (nSPS) is 17.6. The summed E-state index contributed by atoms with van der Waals surface area (Å²) in [5.41, 5.74) is 0.110. The highest BCUT2D eigenvalue weighted by Gasteiger charge is 2.47. The van der Waals surface area contributed by atoms with Gasteiger partial charge in [0.1, 0.15) is 5.75 Å². The fourth-order valence-electron chi connectivity index (χ4n) is 2.17. The Kier molecular flexibility index (Phi) is 2.93. The van der Waals surface area contributed by atoms with Crippen molar-refractivity contribution >= 4 is 21.9 Å². The van der Waals surface area contributed by atoms with Gasteiger partial charge in [-0.25, -0.2) is 0 Å². The lowest BCUT2D eigenvalue weighted by molar-refractivity contribution is -0.147. The number of carboxylic acid groups (broad SMARTS) is 1. The van der Waals surface area contributed by atoms with Crippen molar-refractivity contribution in [2.24, 2.45) is 0 Å². The molecule has 0 aliphatic heterocycles. The van der Waals surface area contributed by atoms with Gasteiger partial charge in [0.15, 0.2) is 0 Å². The van der Waals surface area contributed by atoms with Crippen molar-refractivity contribution in [3.63, 3.8) is 0 Å². The minimum atomic E-state index is -0.743. The summed E-state index contributed by atoms with van der Waals surface area (Å²) in [6.07, 6.45) is 2.37. The highest BCUT2D eigenvalue weighted by atomic mass is 79.9. The molecule has 1 saturated carbocycles. The van der Waals surface area contributed by atoms with Crippen LogP contribution in [0, 0.1) is 0 Å². The molecule has 16 heavy (non-hydrogen) atoms.